The van der Waals surface area contributed by atoms with Crippen molar-refractivity contribution in [1.29, 1.82) is 0 Å². The Kier molecular flexibility index (Phi) is 3.70. The van der Waals surface area contributed by atoms with Gasteiger partial charge >= 0.3 is 0 Å². The van der Waals surface area contributed by atoms with Gasteiger partial charge in [0.15, 0.2) is 5.82 Å². The fraction of sp³-hybridized carbons (Fsp3) is 0.235. The Morgan fingerprint density at radius 1 is 0.958 bits per heavy atom. The number of anilines is 2. The molecule has 0 unspecified atom stereocenters. The number of nitrogen functional groups attached to an aromatic ring is 1. The molecular weight excluding hydrogens is 309 g/mol. The summed E-state index contributed by atoms with van der Waals surface area (Å²) in [5.41, 5.74) is 8.80. The molecule has 3 heterocycles. The predicted octanol–water partition coefficient (Wildman–Crippen LogP) is 2.25. The third-order valence-corrected chi connectivity index (χ3v) is 3.99. The molecule has 6 nitrogen and oxygen atoms in total. The van der Waals surface area contributed by atoms with E-state index in [1.807, 2.05) is 12.1 Å². The standard InChI is InChI=1S/C17H16FN5O/c18-12-3-1-11(2-4-12)13-5-6-14-15(20-13)16(22-17(19)21-14)23-7-9-24-10-8-23/h1-6H,7-10H2,(H2,19,21,22). The molecule has 0 atom stereocenters. The summed E-state index contributed by atoms with van der Waals surface area (Å²) in [5, 5.41) is 0. The minimum Gasteiger partial charge on any atom is -0.378 e. The van der Waals surface area contributed by atoms with E-state index < -0.39 is 0 Å². The highest BCUT2D eigenvalue weighted by atomic mass is 19.1. The van der Waals surface area contributed by atoms with Crippen LogP contribution in [0.25, 0.3) is 22.3 Å². The number of pyridine rings is 1. The van der Waals surface area contributed by atoms with E-state index in [-0.39, 0.29) is 11.8 Å². The predicted molar refractivity (Wildman–Crippen MR) is 90.2 cm³/mol. The Labute approximate surface area is 138 Å². The summed E-state index contributed by atoms with van der Waals surface area (Å²) in [7, 11) is 0. The highest BCUT2D eigenvalue weighted by Gasteiger charge is 2.18. The van der Waals surface area contributed by atoms with Crippen LogP contribution in [0.2, 0.25) is 0 Å². The summed E-state index contributed by atoms with van der Waals surface area (Å²) in [6.07, 6.45) is 0. The molecule has 24 heavy (non-hydrogen) atoms. The van der Waals surface area contributed by atoms with Gasteiger partial charge in [-0.2, -0.15) is 4.98 Å². The number of morpholine rings is 1. The quantitative estimate of drug-likeness (QED) is 0.779. The molecule has 0 radical (unpaired) electrons. The van der Waals surface area contributed by atoms with E-state index in [2.05, 4.69) is 14.9 Å². The number of aromatic nitrogens is 3. The zero-order chi connectivity index (χ0) is 16.5. The Morgan fingerprint density at radius 2 is 1.71 bits per heavy atom. The summed E-state index contributed by atoms with van der Waals surface area (Å²) < 4.78 is 18.5. The van der Waals surface area contributed by atoms with E-state index >= 15 is 0 Å². The number of hydrogen-bond donors (Lipinski definition) is 1. The molecule has 0 amide bonds. The number of benzene rings is 1. The number of hydrogen-bond acceptors (Lipinski definition) is 6. The van der Waals surface area contributed by atoms with Crippen LogP contribution in [0, 0.1) is 5.82 Å². The molecule has 2 aromatic heterocycles. The number of ether oxygens (including phenoxy) is 1. The van der Waals surface area contributed by atoms with Gasteiger partial charge in [0, 0.05) is 18.7 Å². The van der Waals surface area contributed by atoms with E-state index in [9.17, 15) is 4.39 Å². The third-order valence-electron chi connectivity index (χ3n) is 3.99. The molecule has 0 spiro atoms. The normalized spacial score (nSPS) is 15.0. The van der Waals surface area contributed by atoms with Crippen molar-refractivity contribution in [1.82, 2.24) is 15.0 Å². The first-order valence-electron chi connectivity index (χ1n) is 7.73. The van der Waals surface area contributed by atoms with Gasteiger partial charge in [0.2, 0.25) is 5.95 Å². The van der Waals surface area contributed by atoms with Crippen LogP contribution in [0.1, 0.15) is 0 Å². The van der Waals surface area contributed by atoms with Gasteiger partial charge in [0.25, 0.3) is 0 Å². The third kappa shape index (κ3) is 2.74. The highest BCUT2D eigenvalue weighted by Crippen LogP contribution is 2.27. The number of nitrogens with two attached hydrogens (primary N) is 1. The first-order chi connectivity index (χ1) is 11.7. The summed E-state index contributed by atoms with van der Waals surface area (Å²) >= 11 is 0. The van der Waals surface area contributed by atoms with Crippen molar-refractivity contribution in [3.63, 3.8) is 0 Å². The van der Waals surface area contributed by atoms with Crippen molar-refractivity contribution in [2.45, 2.75) is 0 Å². The lowest BCUT2D eigenvalue weighted by Gasteiger charge is -2.28. The van der Waals surface area contributed by atoms with E-state index in [0.29, 0.717) is 30.1 Å². The first kappa shape index (κ1) is 14.8. The SMILES string of the molecule is Nc1nc(N2CCOCC2)c2nc(-c3ccc(F)cc3)ccc2n1. The van der Waals surface area contributed by atoms with Crippen molar-refractivity contribution in [2.24, 2.45) is 0 Å². The van der Waals surface area contributed by atoms with Crippen LogP contribution in [0.3, 0.4) is 0 Å². The average molecular weight is 325 g/mol. The fourth-order valence-corrected chi connectivity index (χ4v) is 2.79. The molecule has 1 fully saturated rings. The highest BCUT2D eigenvalue weighted by molar-refractivity contribution is 5.88. The van der Waals surface area contributed by atoms with Gasteiger partial charge in [0.05, 0.1) is 24.4 Å². The summed E-state index contributed by atoms with van der Waals surface area (Å²) in [5.74, 6) is 0.662. The summed E-state index contributed by atoms with van der Waals surface area (Å²) in [6, 6.07) is 9.97. The molecule has 1 aromatic carbocycles. The summed E-state index contributed by atoms with van der Waals surface area (Å²) in [4.78, 5) is 15.5. The van der Waals surface area contributed by atoms with Gasteiger partial charge < -0.3 is 15.4 Å². The fourth-order valence-electron chi connectivity index (χ4n) is 2.79. The minimum absolute atomic E-state index is 0.223. The van der Waals surface area contributed by atoms with E-state index in [4.69, 9.17) is 15.5 Å². The van der Waals surface area contributed by atoms with Crippen molar-refractivity contribution in [3.05, 3.63) is 42.2 Å². The maximum absolute atomic E-state index is 13.1. The van der Waals surface area contributed by atoms with Crippen LogP contribution in [-0.2, 0) is 4.74 Å². The lowest BCUT2D eigenvalue weighted by molar-refractivity contribution is 0.122. The monoisotopic (exact) mass is 325 g/mol. The van der Waals surface area contributed by atoms with Crippen molar-refractivity contribution >= 4 is 22.8 Å². The van der Waals surface area contributed by atoms with Crippen LogP contribution < -0.4 is 10.6 Å². The van der Waals surface area contributed by atoms with Crippen LogP contribution in [0.5, 0.6) is 0 Å². The van der Waals surface area contributed by atoms with Gasteiger partial charge in [-0.05, 0) is 36.4 Å². The summed E-state index contributed by atoms with van der Waals surface area (Å²) in [6.45, 7) is 2.74. The molecule has 4 rings (SSSR count). The van der Waals surface area contributed by atoms with Crippen LogP contribution in [0.15, 0.2) is 36.4 Å². The zero-order valence-electron chi connectivity index (χ0n) is 12.9. The number of rotatable bonds is 2. The Balaban J connectivity index is 1.85. The van der Waals surface area contributed by atoms with Crippen molar-refractivity contribution < 1.29 is 9.13 Å². The second-order valence-corrected chi connectivity index (χ2v) is 5.58. The largest absolute Gasteiger partial charge is 0.378 e. The van der Waals surface area contributed by atoms with Crippen LogP contribution in [0.4, 0.5) is 16.2 Å². The lowest BCUT2D eigenvalue weighted by Crippen LogP contribution is -2.37. The Hall–Kier alpha value is -2.80. The molecule has 1 saturated heterocycles. The second-order valence-electron chi connectivity index (χ2n) is 5.58. The van der Waals surface area contributed by atoms with Gasteiger partial charge in [-0.3, -0.25) is 0 Å². The topological polar surface area (TPSA) is 77.2 Å². The van der Waals surface area contributed by atoms with E-state index in [0.717, 1.165) is 24.3 Å². The Bertz CT molecular complexity index is 878. The second kappa shape index (κ2) is 6.01. The Morgan fingerprint density at radius 3 is 2.46 bits per heavy atom. The smallest absolute Gasteiger partial charge is 0.222 e. The maximum Gasteiger partial charge on any atom is 0.222 e. The molecular formula is C17H16FN5O. The molecule has 0 aliphatic carbocycles. The molecule has 2 N–H and O–H groups in total. The minimum atomic E-state index is -0.273. The molecule has 0 bridgehead atoms. The van der Waals surface area contributed by atoms with Gasteiger partial charge in [-0.15, -0.1) is 0 Å². The van der Waals surface area contributed by atoms with Gasteiger partial charge in [-0.25, -0.2) is 14.4 Å². The van der Waals surface area contributed by atoms with E-state index in [1.165, 1.54) is 12.1 Å². The zero-order valence-corrected chi connectivity index (χ0v) is 12.9. The first-order valence-corrected chi connectivity index (χ1v) is 7.73. The molecule has 1 aliphatic heterocycles. The molecule has 0 saturated carbocycles. The number of fused-ring (bicyclic) bond motifs is 1. The van der Waals surface area contributed by atoms with Gasteiger partial charge in [0.1, 0.15) is 11.3 Å². The molecule has 7 heteroatoms. The molecule has 1 aliphatic rings. The molecule has 122 valence electrons. The van der Waals surface area contributed by atoms with Crippen LogP contribution in [-0.4, -0.2) is 41.3 Å². The lowest BCUT2D eigenvalue weighted by atomic mass is 10.1. The van der Waals surface area contributed by atoms with Crippen molar-refractivity contribution in [3.8, 4) is 11.3 Å². The van der Waals surface area contributed by atoms with Gasteiger partial charge in [-0.1, -0.05) is 0 Å². The maximum atomic E-state index is 13.1. The number of nitrogens with zero attached hydrogens (tertiary/aromatic N) is 4. The van der Waals surface area contributed by atoms with Crippen molar-refractivity contribution in [2.75, 3.05) is 36.9 Å². The van der Waals surface area contributed by atoms with Crippen LogP contribution >= 0.6 is 0 Å². The average Bonchev–Trinajstić information content (AvgIpc) is 2.62. The molecule has 3 aromatic rings. The number of halogens is 1. The van der Waals surface area contributed by atoms with E-state index in [1.54, 1.807) is 12.1 Å².